The summed E-state index contributed by atoms with van der Waals surface area (Å²) in [5.41, 5.74) is 1.66. The number of urea groups is 1. The van der Waals surface area contributed by atoms with Crippen molar-refractivity contribution in [2.24, 2.45) is 5.29 Å². The Balaban J connectivity index is 2.60. The molecule has 0 aliphatic carbocycles. The molecule has 0 unspecified atom stereocenters. The van der Waals surface area contributed by atoms with Gasteiger partial charge in [-0.3, -0.25) is 0 Å². The van der Waals surface area contributed by atoms with E-state index < -0.39 is 6.03 Å². The summed E-state index contributed by atoms with van der Waals surface area (Å²) in [6.45, 7) is 0.0707. The van der Waals surface area contributed by atoms with Gasteiger partial charge < -0.3 is 5.32 Å². The molecule has 0 radical (unpaired) electrons. The van der Waals surface area contributed by atoms with E-state index in [-0.39, 0.29) is 12.4 Å². The molecule has 98 valence electrons. The number of benzene rings is 1. The molecule has 2 amide bonds. The molecule has 0 aliphatic rings. The van der Waals surface area contributed by atoms with Crippen LogP contribution in [-0.4, -0.2) is 29.3 Å². The van der Waals surface area contributed by atoms with Gasteiger partial charge >= 0.3 is 6.03 Å². The van der Waals surface area contributed by atoms with Crippen LogP contribution in [0.25, 0.3) is 0 Å². The second kappa shape index (κ2) is 7.89. The van der Waals surface area contributed by atoms with Crippen molar-refractivity contribution >= 4 is 34.9 Å². The highest BCUT2D eigenvalue weighted by Crippen LogP contribution is 2.11. The van der Waals surface area contributed by atoms with Crippen molar-refractivity contribution in [1.82, 2.24) is 5.01 Å². The first kappa shape index (κ1) is 14.7. The molecule has 0 bridgehead atoms. The number of amides is 2. The Morgan fingerprint density at radius 3 is 2.39 bits per heavy atom. The second-order valence-electron chi connectivity index (χ2n) is 3.46. The Kier molecular flexibility index (Phi) is 6.46. The molecule has 0 fully saturated rings. The predicted octanol–water partition coefficient (Wildman–Crippen LogP) is 3.22. The quantitative estimate of drug-likeness (QED) is 0.496. The average Bonchev–Trinajstić information content (AvgIpc) is 2.38. The van der Waals surface area contributed by atoms with Gasteiger partial charge in [-0.25, -0.2) is 4.79 Å². The summed E-state index contributed by atoms with van der Waals surface area (Å²) in [7, 11) is 0. The minimum atomic E-state index is -0.601. The van der Waals surface area contributed by atoms with E-state index in [1.54, 1.807) is 12.1 Å². The summed E-state index contributed by atoms with van der Waals surface area (Å²) < 4.78 is 0. The normalized spacial score (nSPS) is 9.89. The fourth-order valence-electron chi connectivity index (χ4n) is 1.31. The fourth-order valence-corrected chi connectivity index (χ4v) is 1.69. The predicted molar refractivity (Wildman–Crippen MR) is 73.1 cm³/mol. The van der Waals surface area contributed by atoms with E-state index >= 15 is 0 Å². The molecule has 1 N–H and O–H groups in total. The topological polar surface area (TPSA) is 61.8 Å². The highest BCUT2D eigenvalue weighted by molar-refractivity contribution is 6.18. The number of carbonyl (C=O) groups is 1. The lowest BCUT2D eigenvalue weighted by molar-refractivity contribution is 0.216. The molecule has 1 aromatic carbocycles. The number of alkyl halides is 2. The zero-order valence-corrected chi connectivity index (χ0v) is 11.1. The number of nitrogens with one attached hydrogen (secondary N) is 1. The van der Waals surface area contributed by atoms with Gasteiger partial charge in [0.25, 0.3) is 0 Å². The van der Waals surface area contributed by atoms with Crippen LogP contribution < -0.4 is 5.32 Å². The van der Waals surface area contributed by atoms with Crippen molar-refractivity contribution in [3.05, 3.63) is 34.7 Å². The monoisotopic (exact) mass is 289 g/mol. The first-order chi connectivity index (χ1) is 8.71. The second-order valence-corrected chi connectivity index (χ2v) is 4.22. The van der Waals surface area contributed by atoms with Crippen molar-refractivity contribution in [1.29, 1.82) is 0 Å². The van der Waals surface area contributed by atoms with Gasteiger partial charge in [-0.1, -0.05) is 12.1 Å². The molecule has 18 heavy (non-hydrogen) atoms. The minimum Gasteiger partial charge on any atom is -0.306 e. The van der Waals surface area contributed by atoms with Crippen LogP contribution in [0.15, 0.2) is 29.6 Å². The lowest BCUT2D eigenvalue weighted by atomic mass is 10.1. The van der Waals surface area contributed by atoms with Crippen LogP contribution in [0.1, 0.15) is 5.56 Å². The summed E-state index contributed by atoms with van der Waals surface area (Å²) in [4.78, 5) is 22.0. The van der Waals surface area contributed by atoms with Crippen LogP contribution in [0.4, 0.5) is 10.5 Å². The van der Waals surface area contributed by atoms with Gasteiger partial charge in [0.05, 0.1) is 11.8 Å². The van der Waals surface area contributed by atoms with Crippen LogP contribution in [0.2, 0.25) is 0 Å². The third-order valence-corrected chi connectivity index (χ3v) is 2.58. The van der Waals surface area contributed by atoms with Crippen molar-refractivity contribution in [2.45, 2.75) is 6.42 Å². The molecule has 1 rings (SSSR count). The Morgan fingerprint density at radius 1 is 1.22 bits per heavy atom. The molecule has 0 aliphatic heterocycles. The molecule has 0 atom stereocenters. The first-order valence-electron chi connectivity index (χ1n) is 5.34. The van der Waals surface area contributed by atoms with Crippen molar-refractivity contribution in [3.63, 3.8) is 0 Å². The molecule has 0 spiro atoms. The summed E-state index contributed by atoms with van der Waals surface area (Å²) in [5, 5.41) is 5.87. The van der Waals surface area contributed by atoms with Gasteiger partial charge in [-0.05, 0) is 24.1 Å². The maximum atomic E-state index is 11.6. The molecule has 7 heteroatoms. The maximum absolute atomic E-state index is 11.6. The molecule has 1 aromatic rings. The van der Waals surface area contributed by atoms with E-state index in [1.165, 1.54) is 0 Å². The Morgan fingerprint density at radius 2 is 1.89 bits per heavy atom. The summed E-state index contributed by atoms with van der Waals surface area (Å²) >= 11 is 11.1. The van der Waals surface area contributed by atoms with Crippen molar-refractivity contribution in [2.75, 3.05) is 23.6 Å². The molecule has 0 heterocycles. The summed E-state index contributed by atoms with van der Waals surface area (Å²) in [6, 6.07) is 6.60. The molecular weight excluding hydrogens is 277 g/mol. The number of halogens is 2. The number of anilines is 1. The number of rotatable bonds is 6. The number of nitrogens with zero attached hydrogens (tertiary/aromatic N) is 2. The Labute approximate surface area is 115 Å². The largest absolute Gasteiger partial charge is 0.344 e. The van der Waals surface area contributed by atoms with E-state index in [1.807, 2.05) is 12.1 Å². The number of carbonyl (C=O) groups excluding carboxylic acids is 1. The van der Waals surface area contributed by atoms with Crippen LogP contribution in [0.5, 0.6) is 0 Å². The Bertz CT molecular complexity index is 398. The van der Waals surface area contributed by atoms with E-state index in [0.29, 0.717) is 11.6 Å². The van der Waals surface area contributed by atoms with Crippen LogP contribution >= 0.6 is 23.2 Å². The standard InChI is InChI=1S/C11H13Cl2N3O2/c12-6-5-9-1-3-10(4-2-9)14-11(17)16(15-18)8-7-13/h1-4H,5-8H2,(H,14,17). The van der Waals surface area contributed by atoms with Gasteiger partial charge in [-0.15, -0.1) is 28.1 Å². The molecule has 5 nitrogen and oxygen atoms in total. The molecule has 0 saturated carbocycles. The van der Waals surface area contributed by atoms with Gasteiger partial charge in [0.1, 0.15) is 0 Å². The van der Waals surface area contributed by atoms with E-state index in [0.717, 1.165) is 17.0 Å². The van der Waals surface area contributed by atoms with Crippen LogP contribution in [0.3, 0.4) is 0 Å². The minimum absolute atomic E-state index is 0.0707. The number of hydrogen-bond acceptors (Lipinski definition) is 3. The van der Waals surface area contributed by atoms with Crippen molar-refractivity contribution < 1.29 is 4.79 Å². The van der Waals surface area contributed by atoms with Gasteiger partial charge in [0.15, 0.2) is 0 Å². The first-order valence-corrected chi connectivity index (χ1v) is 6.41. The number of nitroso groups, excluding NO2 is 1. The van der Waals surface area contributed by atoms with Crippen LogP contribution in [0, 0.1) is 4.91 Å². The summed E-state index contributed by atoms with van der Waals surface area (Å²) in [6.07, 6.45) is 0.768. The highest BCUT2D eigenvalue weighted by atomic mass is 35.5. The van der Waals surface area contributed by atoms with Gasteiger partial charge in [0.2, 0.25) is 0 Å². The average molecular weight is 290 g/mol. The molecular formula is C11H13Cl2N3O2. The number of hydrogen-bond donors (Lipinski definition) is 1. The van der Waals surface area contributed by atoms with Crippen molar-refractivity contribution in [3.8, 4) is 0 Å². The zero-order chi connectivity index (χ0) is 13.4. The number of aryl methyl sites for hydroxylation is 1. The highest BCUT2D eigenvalue weighted by Gasteiger charge is 2.13. The SMILES string of the molecule is O=NN(CCCl)C(=O)Nc1ccc(CCCl)cc1. The Hall–Kier alpha value is -1.33. The van der Waals surface area contributed by atoms with Gasteiger partial charge in [0, 0.05) is 17.4 Å². The van der Waals surface area contributed by atoms with E-state index in [9.17, 15) is 9.70 Å². The third kappa shape index (κ3) is 4.50. The van der Waals surface area contributed by atoms with Gasteiger partial charge in [-0.2, -0.15) is 5.01 Å². The molecule has 0 saturated heterocycles. The lowest BCUT2D eigenvalue weighted by Gasteiger charge is -2.13. The molecule has 0 aromatic heterocycles. The zero-order valence-electron chi connectivity index (χ0n) is 9.60. The summed E-state index contributed by atoms with van der Waals surface area (Å²) in [5.74, 6) is 0.693. The maximum Gasteiger partial charge on any atom is 0.344 e. The smallest absolute Gasteiger partial charge is 0.306 e. The fraction of sp³-hybridized carbons (Fsp3) is 0.364. The van der Waals surface area contributed by atoms with E-state index in [4.69, 9.17) is 23.2 Å². The van der Waals surface area contributed by atoms with Crippen LogP contribution in [-0.2, 0) is 6.42 Å². The van der Waals surface area contributed by atoms with E-state index in [2.05, 4.69) is 10.6 Å². The lowest BCUT2D eigenvalue weighted by Crippen LogP contribution is -2.31. The third-order valence-electron chi connectivity index (χ3n) is 2.22.